The summed E-state index contributed by atoms with van der Waals surface area (Å²) in [7, 11) is 1.59. The average Bonchev–Trinajstić information content (AvgIpc) is 2.93. The second kappa shape index (κ2) is 6.09. The van der Waals surface area contributed by atoms with Gasteiger partial charge in [0, 0.05) is 18.6 Å². The van der Waals surface area contributed by atoms with E-state index in [0.29, 0.717) is 12.6 Å². The minimum Gasteiger partial charge on any atom is -0.448 e. The highest BCUT2D eigenvalue weighted by Crippen LogP contribution is 2.42. The molecule has 2 atom stereocenters. The summed E-state index contributed by atoms with van der Waals surface area (Å²) < 4.78 is 11.1. The zero-order valence-corrected chi connectivity index (χ0v) is 12.3. The van der Waals surface area contributed by atoms with Crippen molar-refractivity contribution in [1.29, 1.82) is 0 Å². The third kappa shape index (κ3) is 3.20. The zero-order chi connectivity index (χ0) is 13.9. The van der Waals surface area contributed by atoms with Gasteiger partial charge in [-0.2, -0.15) is 0 Å². The minimum atomic E-state index is -0.338. The molecular formula is C14H26N2O3. The Morgan fingerprint density at radius 2 is 2.26 bits per heavy atom. The second-order valence-corrected chi connectivity index (χ2v) is 5.92. The molecule has 2 fully saturated rings. The van der Waals surface area contributed by atoms with E-state index in [1.54, 1.807) is 7.05 Å². The van der Waals surface area contributed by atoms with Crippen LogP contribution in [-0.4, -0.2) is 55.5 Å². The maximum atomic E-state index is 11.2. The molecule has 0 aromatic rings. The number of ether oxygens (including phenoxy) is 2. The zero-order valence-electron chi connectivity index (χ0n) is 12.3. The Labute approximate surface area is 115 Å². The van der Waals surface area contributed by atoms with Crippen LogP contribution in [0.4, 0.5) is 4.79 Å². The first-order valence-electron chi connectivity index (χ1n) is 7.30. The third-order valence-corrected chi connectivity index (χ3v) is 4.33. The summed E-state index contributed by atoms with van der Waals surface area (Å²) in [5.41, 5.74) is 0.195. The lowest BCUT2D eigenvalue weighted by Crippen LogP contribution is -2.47. The van der Waals surface area contributed by atoms with Crippen LogP contribution in [0.25, 0.3) is 0 Å². The van der Waals surface area contributed by atoms with Crippen LogP contribution in [0.2, 0.25) is 0 Å². The van der Waals surface area contributed by atoms with Crippen LogP contribution in [0.15, 0.2) is 0 Å². The summed E-state index contributed by atoms with van der Waals surface area (Å²) in [6.45, 7) is 6.56. The van der Waals surface area contributed by atoms with E-state index in [4.69, 9.17) is 9.47 Å². The van der Waals surface area contributed by atoms with E-state index in [-0.39, 0.29) is 17.7 Å². The molecule has 110 valence electrons. The van der Waals surface area contributed by atoms with Crippen LogP contribution < -0.4 is 5.32 Å². The van der Waals surface area contributed by atoms with Crippen LogP contribution in [0.1, 0.15) is 39.5 Å². The molecule has 2 unspecified atom stereocenters. The number of nitrogens with zero attached hydrogens (tertiary/aromatic N) is 1. The van der Waals surface area contributed by atoms with E-state index < -0.39 is 0 Å². The molecule has 0 spiro atoms. The van der Waals surface area contributed by atoms with Gasteiger partial charge < -0.3 is 14.8 Å². The fourth-order valence-corrected chi connectivity index (χ4v) is 3.36. The lowest BCUT2D eigenvalue weighted by Gasteiger charge is -2.35. The molecule has 19 heavy (non-hydrogen) atoms. The highest BCUT2D eigenvalue weighted by molar-refractivity contribution is 5.66. The van der Waals surface area contributed by atoms with Gasteiger partial charge in [-0.05, 0) is 46.1 Å². The van der Waals surface area contributed by atoms with E-state index in [9.17, 15) is 4.79 Å². The molecule has 2 aliphatic rings. The van der Waals surface area contributed by atoms with Crippen molar-refractivity contribution in [3.05, 3.63) is 0 Å². The van der Waals surface area contributed by atoms with Crippen molar-refractivity contribution in [2.24, 2.45) is 0 Å². The normalized spacial score (nSPS) is 30.6. The monoisotopic (exact) mass is 270 g/mol. The molecule has 1 amide bonds. The topological polar surface area (TPSA) is 50.8 Å². The number of carbonyl (C=O) groups is 1. The lowest BCUT2D eigenvalue weighted by atomic mass is 9.95. The molecule has 2 rings (SSSR count). The fraction of sp³-hybridized carbons (Fsp3) is 0.929. The Kier molecular flexibility index (Phi) is 4.68. The van der Waals surface area contributed by atoms with Crippen molar-refractivity contribution < 1.29 is 14.3 Å². The van der Waals surface area contributed by atoms with Crippen molar-refractivity contribution in [2.45, 2.75) is 57.2 Å². The summed E-state index contributed by atoms with van der Waals surface area (Å²) >= 11 is 0. The number of nitrogens with one attached hydrogen (secondary N) is 1. The second-order valence-electron chi connectivity index (χ2n) is 5.92. The van der Waals surface area contributed by atoms with Crippen molar-refractivity contribution in [1.82, 2.24) is 10.2 Å². The summed E-state index contributed by atoms with van der Waals surface area (Å²) in [4.78, 5) is 13.7. The smallest absolute Gasteiger partial charge is 0.406 e. The lowest BCUT2D eigenvalue weighted by molar-refractivity contribution is -0.0111. The highest BCUT2D eigenvalue weighted by Gasteiger charge is 2.49. The molecule has 0 aromatic heterocycles. The largest absolute Gasteiger partial charge is 0.448 e. The van der Waals surface area contributed by atoms with Gasteiger partial charge in [0.1, 0.15) is 6.61 Å². The summed E-state index contributed by atoms with van der Waals surface area (Å²) in [6, 6.07) is 0.357. The summed E-state index contributed by atoms with van der Waals surface area (Å²) in [5, 5.41) is 2.49. The maximum absolute atomic E-state index is 11.2. The molecule has 0 aliphatic carbocycles. The molecule has 5 nitrogen and oxygen atoms in total. The van der Waals surface area contributed by atoms with Crippen LogP contribution in [0, 0.1) is 0 Å². The Morgan fingerprint density at radius 3 is 2.95 bits per heavy atom. The number of fused-ring (bicyclic) bond motifs is 1. The maximum Gasteiger partial charge on any atom is 0.406 e. The van der Waals surface area contributed by atoms with Crippen molar-refractivity contribution in [3.63, 3.8) is 0 Å². The Bertz CT molecular complexity index is 322. The number of amides is 1. The molecule has 0 aromatic carbocycles. The standard InChI is InChI=1S/C14H26N2O3/c1-11(2)19-10-14-6-4-8-16(14)12(5-7-14)9-18-13(17)15-3/h11-12H,4-10H2,1-3H3,(H,15,17). The van der Waals surface area contributed by atoms with Crippen LogP contribution in [0.5, 0.6) is 0 Å². The van der Waals surface area contributed by atoms with Gasteiger partial charge in [-0.25, -0.2) is 4.79 Å². The fourth-order valence-electron chi connectivity index (χ4n) is 3.36. The Balaban J connectivity index is 1.90. The first-order chi connectivity index (χ1) is 9.07. The quantitative estimate of drug-likeness (QED) is 0.827. The van der Waals surface area contributed by atoms with Gasteiger partial charge in [0.25, 0.3) is 0 Å². The number of hydrogen-bond donors (Lipinski definition) is 1. The van der Waals surface area contributed by atoms with Crippen LogP contribution in [-0.2, 0) is 9.47 Å². The van der Waals surface area contributed by atoms with Crippen LogP contribution >= 0.6 is 0 Å². The van der Waals surface area contributed by atoms with E-state index >= 15 is 0 Å². The predicted octanol–water partition coefficient (Wildman–Crippen LogP) is 1.76. The molecule has 0 saturated carbocycles. The molecule has 2 saturated heterocycles. The molecule has 0 bridgehead atoms. The van der Waals surface area contributed by atoms with Gasteiger partial charge in [-0.3, -0.25) is 4.90 Å². The Hall–Kier alpha value is -0.810. The Morgan fingerprint density at radius 1 is 1.47 bits per heavy atom. The number of carbonyl (C=O) groups excluding carboxylic acids is 1. The van der Waals surface area contributed by atoms with Gasteiger partial charge >= 0.3 is 6.09 Å². The predicted molar refractivity (Wildman–Crippen MR) is 73.2 cm³/mol. The third-order valence-electron chi connectivity index (χ3n) is 4.33. The summed E-state index contributed by atoms with van der Waals surface area (Å²) in [6.07, 6.45) is 4.61. The van der Waals surface area contributed by atoms with E-state index in [1.165, 1.54) is 12.8 Å². The van der Waals surface area contributed by atoms with Crippen LogP contribution in [0.3, 0.4) is 0 Å². The molecule has 2 aliphatic heterocycles. The summed E-state index contributed by atoms with van der Waals surface area (Å²) in [5.74, 6) is 0. The number of rotatable bonds is 5. The SMILES string of the molecule is CNC(=O)OCC1CCC2(COC(C)C)CCCN12. The number of alkyl carbamates (subject to hydrolysis) is 1. The van der Waals surface area contributed by atoms with E-state index in [1.807, 2.05) is 0 Å². The van der Waals surface area contributed by atoms with Gasteiger partial charge in [0.2, 0.25) is 0 Å². The van der Waals surface area contributed by atoms with Crippen molar-refractivity contribution >= 4 is 6.09 Å². The van der Waals surface area contributed by atoms with E-state index in [0.717, 1.165) is 26.0 Å². The van der Waals surface area contributed by atoms with Crippen molar-refractivity contribution in [3.8, 4) is 0 Å². The molecule has 5 heteroatoms. The van der Waals surface area contributed by atoms with Gasteiger partial charge in [-0.15, -0.1) is 0 Å². The molecular weight excluding hydrogens is 244 g/mol. The minimum absolute atomic E-state index is 0.195. The van der Waals surface area contributed by atoms with Crippen molar-refractivity contribution in [2.75, 3.05) is 26.8 Å². The first-order valence-corrected chi connectivity index (χ1v) is 7.30. The first kappa shape index (κ1) is 14.6. The molecule has 1 N–H and O–H groups in total. The highest BCUT2D eigenvalue weighted by atomic mass is 16.5. The average molecular weight is 270 g/mol. The molecule has 2 heterocycles. The van der Waals surface area contributed by atoms with Gasteiger partial charge in [0.05, 0.1) is 12.7 Å². The van der Waals surface area contributed by atoms with Gasteiger partial charge in [-0.1, -0.05) is 0 Å². The number of hydrogen-bond acceptors (Lipinski definition) is 4. The van der Waals surface area contributed by atoms with Gasteiger partial charge in [0.15, 0.2) is 0 Å². The van der Waals surface area contributed by atoms with E-state index in [2.05, 4.69) is 24.1 Å². The molecule has 0 radical (unpaired) electrons.